The first-order valence-electron chi connectivity index (χ1n) is 11.9. The first-order chi connectivity index (χ1) is 17.7. The molecule has 0 bridgehead atoms. The van der Waals surface area contributed by atoms with Crippen molar-refractivity contribution in [2.24, 2.45) is 0 Å². The van der Waals surface area contributed by atoms with Gasteiger partial charge in [0.2, 0.25) is 0 Å². The number of aromatic nitrogens is 4. The molecule has 1 aliphatic heterocycles. The number of para-hydroxylation sites is 2. The lowest BCUT2D eigenvalue weighted by Crippen LogP contribution is -2.41. The molecule has 0 unspecified atom stereocenters. The van der Waals surface area contributed by atoms with Crippen molar-refractivity contribution in [3.63, 3.8) is 0 Å². The fourth-order valence-corrected chi connectivity index (χ4v) is 4.69. The number of carbonyl (C=O) groups excluding carboxylic acids is 1. The quantitative estimate of drug-likeness (QED) is 0.376. The Morgan fingerprint density at radius 2 is 2.06 bits per heavy atom. The Morgan fingerprint density at radius 3 is 2.86 bits per heavy atom. The molecule has 3 aromatic heterocycles. The third kappa shape index (κ3) is 4.07. The fourth-order valence-electron chi connectivity index (χ4n) is 4.69. The molecule has 6 rings (SSSR count). The van der Waals surface area contributed by atoms with Crippen LogP contribution in [0.25, 0.3) is 33.3 Å². The number of pyridine rings is 1. The van der Waals surface area contributed by atoms with Gasteiger partial charge in [0.25, 0.3) is 0 Å². The van der Waals surface area contributed by atoms with Gasteiger partial charge in [-0.3, -0.25) is 4.57 Å². The molecule has 8 heteroatoms. The van der Waals surface area contributed by atoms with Crippen LogP contribution in [0.2, 0.25) is 0 Å². The molecule has 180 valence electrons. The minimum absolute atomic E-state index is 0.0735. The van der Waals surface area contributed by atoms with Crippen LogP contribution in [0.4, 0.5) is 4.79 Å². The van der Waals surface area contributed by atoms with E-state index in [1.54, 1.807) is 19.6 Å². The van der Waals surface area contributed by atoms with E-state index >= 15 is 0 Å². The highest BCUT2D eigenvalue weighted by atomic mass is 16.5. The number of fused-ring (bicyclic) bond motifs is 2. The van der Waals surface area contributed by atoms with Crippen LogP contribution in [-0.4, -0.2) is 50.6 Å². The summed E-state index contributed by atoms with van der Waals surface area (Å²) in [6.45, 7) is 1.66. The molecule has 2 N–H and O–H groups in total. The number of carbonyl (C=O) groups is 1. The van der Waals surface area contributed by atoms with Crippen molar-refractivity contribution in [3.8, 4) is 11.6 Å². The van der Waals surface area contributed by atoms with Crippen molar-refractivity contribution in [3.05, 3.63) is 90.5 Å². The van der Waals surface area contributed by atoms with E-state index in [1.165, 1.54) is 11.1 Å². The van der Waals surface area contributed by atoms with Crippen molar-refractivity contribution >= 4 is 33.5 Å². The molecule has 0 radical (unpaired) electrons. The van der Waals surface area contributed by atoms with E-state index in [4.69, 9.17) is 4.74 Å². The Balaban J connectivity index is 1.08. The monoisotopic (exact) mass is 478 g/mol. The summed E-state index contributed by atoms with van der Waals surface area (Å²) in [6.07, 6.45) is 8.54. The first-order valence-corrected chi connectivity index (χ1v) is 11.9. The van der Waals surface area contributed by atoms with E-state index < -0.39 is 0 Å². The second kappa shape index (κ2) is 9.22. The largest absolute Gasteiger partial charge is 0.497 e. The summed E-state index contributed by atoms with van der Waals surface area (Å²) in [4.78, 5) is 26.9. The lowest BCUT2D eigenvalue weighted by atomic mass is 9.99. The lowest BCUT2D eigenvalue weighted by molar-refractivity contribution is 0.202. The molecule has 2 aromatic carbocycles. The molecule has 4 heterocycles. The number of benzene rings is 2. The van der Waals surface area contributed by atoms with Crippen LogP contribution in [0.3, 0.4) is 0 Å². The van der Waals surface area contributed by atoms with Gasteiger partial charge in [0, 0.05) is 48.5 Å². The minimum atomic E-state index is -0.0735. The fraction of sp³-hybridized carbons (Fsp3) is 0.179. The van der Waals surface area contributed by atoms with Gasteiger partial charge in [0.1, 0.15) is 17.9 Å². The number of hydrogen-bond acceptors (Lipinski definition) is 4. The molecular weight excluding hydrogens is 452 g/mol. The molecule has 5 aromatic rings. The van der Waals surface area contributed by atoms with Crippen LogP contribution in [0.5, 0.6) is 5.75 Å². The molecule has 1 aliphatic rings. The van der Waals surface area contributed by atoms with Crippen molar-refractivity contribution in [1.29, 1.82) is 0 Å². The van der Waals surface area contributed by atoms with Crippen LogP contribution in [0, 0.1) is 0 Å². The third-order valence-corrected chi connectivity index (χ3v) is 6.68. The van der Waals surface area contributed by atoms with E-state index in [0.717, 1.165) is 45.5 Å². The summed E-state index contributed by atoms with van der Waals surface area (Å²) in [5.74, 6) is 1.63. The first kappa shape index (κ1) is 21.9. The standard InChI is InChI=1S/C28H26N6O2/c1-36-21-7-8-24-22(14-21)23(17-29-24)20-10-12-33(13-11-20)28(35)31-16-19-6-9-27(30-15-19)34-18-32-25-4-2-3-5-26(25)34/h2-10,14-15,17-18,29H,11-13,16H2,1H3,(H,31,35). The molecule has 0 atom stereocenters. The van der Waals surface area contributed by atoms with Crippen LogP contribution in [0.15, 0.2) is 79.4 Å². The second-order valence-electron chi connectivity index (χ2n) is 8.83. The maximum atomic E-state index is 12.8. The smallest absolute Gasteiger partial charge is 0.317 e. The topological polar surface area (TPSA) is 88.1 Å². The van der Waals surface area contributed by atoms with Gasteiger partial charge in [0.05, 0.1) is 18.1 Å². The Kier molecular flexibility index (Phi) is 5.61. The van der Waals surface area contributed by atoms with Crippen LogP contribution in [-0.2, 0) is 6.54 Å². The molecule has 2 amide bonds. The molecule has 36 heavy (non-hydrogen) atoms. The number of amides is 2. The molecule has 0 aliphatic carbocycles. The minimum Gasteiger partial charge on any atom is -0.497 e. The highest BCUT2D eigenvalue weighted by molar-refractivity contribution is 5.94. The summed E-state index contributed by atoms with van der Waals surface area (Å²) in [5.41, 5.74) is 6.37. The molecule has 0 saturated carbocycles. The predicted octanol–water partition coefficient (Wildman–Crippen LogP) is 4.91. The number of methoxy groups -OCH3 is 1. The maximum absolute atomic E-state index is 12.8. The normalized spacial score (nSPS) is 13.7. The van der Waals surface area contributed by atoms with Crippen molar-refractivity contribution in [2.75, 3.05) is 20.2 Å². The summed E-state index contributed by atoms with van der Waals surface area (Å²) < 4.78 is 7.34. The SMILES string of the molecule is COc1ccc2[nH]cc(C3=CCN(C(=O)NCc4ccc(-n5cnc6ccccc65)nc4)CC3)c2c1. The van der Waals surface area contributed by atoms with Crippen molar-refractivity contribution in [1.82, 2.24) is 29.7 Å². The Bertz CT molecular complexity index is 1580. The van der Waals surface area contributed by atoms with E-state index in [-0.39, 0.29) is 6.03 Å². The Hall–Kier alpha value is -4.59. The van der Waals surface area contributed by atoms with Crippen LogP contribution in [0.1, 0.15) is 17.5 Å². The third-order valence-electron chi connectivity index (χ3n) is 6.68. The number of H-pyrrole nitrogens is 1. The van der Waals surface area contributed by atoms with Gasteiger partial charge in [-0.05, 0) is 54.0 Å². The maximum Gasteiger partial charge on any atom is 0.317 e. The van der Waals surface area contributed by atoms with Gasteiger partial charge in [-0.1, -0.05) is 24.3 Å². The summed E-state index contributed by atoms with van der Waals surface area (Å²) in [7, 11) is 1.68. The number of aromatic amines is 1. The van der Waals surface area contributed by atoms with Gasteiger partial charge >= 0.3 is 6.03 Å². The van der Waals surface area contributed by atoms with Crippen LogP contribution < -0.4 is 10.1 Å². The number of rotatable bonds is 5. The van der Waals surface area contributed by atoms with Gasteiger partial charge in [-0.2, -0.15) is 0 Å². The Labute approximate surface area is 208 Å². The lowest BCUT2D eigenvalue weighted by Gasteiger charge is -2.26. The highest BCUT2D eigenvalue weighted by Crippen LogP contribution is 2.31. The van der Waals surface area contributed by atoms with Crippen LogP contribution >= 0.6 is 0 Å². The molecule has 0 saturated heterocycles. The van der Waals surface area contributed by atoms with Crippen molar-refractivity contribution < 1.29 is 9.53 Å². The number of hydrogen-bond donors (Lipinski definition) is 2. The Morgan fingerprint density at radius 1 is 1.14 bits per heavy atom. The van der Waals surface area contributed by atoms with E-state index in [0.29, 0.717) is 19.6 Å². The summed E-state index contributed by atoms with van der Waals surface area (Å²) >= 11 is 0. The number of ether oxygens (including phenoxy) is 1. The average molecular weight is 479 g/mol. The number of nitrogens with one attached hydrogen (secondary N) is 2. The van der Waals surface area contributed by atoms with Crippen molar-refractivity contribution in [2.45, 2.75) is 13.0 Å². The van der Waals surface area contributed by atoms with Gasteiger partial charge in [-0.15, -0.1) is 0 Å². The van der Waals surface area contributed by atoms with E-state index in [2.05, 4.69) is 32.4 Å². The molecule has 0 fully saturated rings. The predicted molar refractivity (Wildman–Crippen MR) is 140 cm³/mol. The zero-order chi connectivity index (χ0) is 24.5. The molecule has 8 nitrogen and oxygen atoms in total. The summed E-state index contributed by atoms with van der Waals surface area (Å²) in [6, 6.07) is 17.8. The van der Waals surface area contributed by atoms with Gasteiger partial charge in [0.15, 0.2) is 0 Å². The number of urea groups is 1. The highest BCUT2D eigenvalue weighted by Gasteiger charge is 2.19. The number of nitrogens with zero attached hydrogens (tertiary/aromatic N) is 4. The second-order valence-corrected chi connectivity index (χ2v) is 8.83. The van der Waals surface area contributed by atoms with E-state index in [1.807, 2.05) is 64.2 Å². The average Bonchev–Trinajstić information content (AvgIpc) is 3.56. The molecular formula is C28H26N6O2. The zero-order valence-electron chi connectivity index (χ0n) is 19.9. The number of imidazole rings is 1. The zero-order valence-corrected chi connectivity index (χ0v) is 19.9. The van der Waals surface area contributed by atoms with Gasteiger partial charge in [-0.25, -0.2) is 14.8 Å². The summed E-state index contributed by atoms with van der Waals surface area (Å²) in [5, 5.41) is 4.16. The van der Waals surface area contributed by atoms with E-state index in [9.17, 15) is 4.79 Å². The molecule has 0 spiro atoms. The van der Waals surface area contributed by atoms with Gasteiger partial charge < -0.3 is 19.9 Å².